The Labute approximate surface area is 111 Å². The van der Waals surface area contributed by atoms with Gasteiger partial charge in [-0.1, -0.05) is 30.3 Å². The molecule has 2 aromatic rings. The van der Waals surface area contributed by atoms with Crippen LogP contribution < -0.4 is 10.4 Å². The van der Waals surface area contributed by atoms with Gasteiger partial charge in [0.25, 0.3) is 0 Å². The fourth-order valence-corrected chi connectivity index (χ4v) is 1.88. The van der Waals surface area contributed by atoms with Crippen molar-refractivity contribution in [2.24, 2.45) is 0 Å². The number of carboxylic acid groups (broad SMARTS) is 1. The average molecular weight is 256 g/mol. The third-order valence-corrected chi connectivity index (χ3v) is 2.82. The Bertz CT molecular complexity index is 607. The molecule has 1 amide bonds. The minimum absolute atomic E-state index is 0.0921. The van der Waals surface area contributed by atoms with E-state index in [1.54, 1.807) is 0 Å². The minimum atomic E-state index is -1.13. The van der Waals surface area contributed by atoms with Crippen LogP contribution in [0.3, 0.4) is 0 Å². The third-order valence-electron chi connectivity index (χ3n) is 2.82. The number of hydrogen-bond acceptors (Lipinski definition) is 3. The van der Waals surface area contributed by atoms with Gasteiger partial charge in [-0.15, -0.1) is 0 Å². The first-order valence-corrected chi connectivity index (χ1v) is 6.13. The zero-order valence-corrected chi connectivity index (χ0v) is 10.4. The smallest absolute Gasteiger partial charge is 0.224 e. The van der Waals surface area contributed by atoms with Gasteiger partial charge in [0.2, 0.25) is 5.91 Å². The highest BCUT2D eigenvalue weighted by Crippen LogP contribution is 2.19. The minimum Gasteiger partial charge on any atom is -0.550 e. The number of benzene rings is 2. The number of anilines is 1. The second-order valence-corrected chi connectivity index (χ2v) is 4.34. The lowest BCUT2D eigenvalue weighted by Crippen LogP contribution is -2.22. The molecule has 0 fully saturated rings. The highest BCUT2D eigenvalue weighted by atomic mass is 16.4. The predicted octanol–water partition coefficient (Wildman–Crippen LogP) is 1.70. The largest absolute Gasteiger partial charge is 0.550 e. The lowest BCUT2D eigenvalue weighted by Gasteiger charge is -2.07. The fourth-order valence-electron chi connectivity index (χ4n) is 1.88. The molecule has 0 saturated carbocycles. The van der Waals surface area contributed by atoms with E-state index in [9.17, 15) is 14.7 Å². The van der Waals surface area contributed by atoms with E-state index in [1.165, 1.54) is 0 Å². The Balaban J connectivity index is 1.97. The van der Waals surface area contributed by atoms with Crippen LogP contribution in [-0.2, 0) is 9.59 Å². The van der Waals surface area contributed by atoms with Gasteiger partial charge in [-0.2, -0.15) is 0 Å². The van der Waals surface area contributed by atoms with E-state index in [4.69, 9.17) is 0 Å². The summed E-state index contributed by atoms with van der Waals surface area (Å²) < 4.78 is 0. The zero-order chi connectivity index (χ0) is 13.7. The molecule has 0 radical (unpaired) electrons. The van der Waals surface area contributed by atoms with Gasteiger partial charge in [0, 0.05) is 18.1 Å². The standard InChI is InChI=1S/C15H15NO3/c17-14(6-3-7-15(18)19)16-13-9-8-11-4-1-2-5-12(11)10-13/h1-2,4-5,8-10H,3,6-7H2,(H,16,17)(H,18,19)/p-1. The van der Waals surface area contributed by atoms with Crippen LogP contribution in [0.2, 0.25) is 0 Å². The summed E-state index contributed by atoms with van der Waals surface area (Å²) in [6.45, 7) is 0. The molecule has 0 aliphatic carbocycles. The summed E-state index contributed by atoms with van der Waals surface area (Å²) in [5, 5.41) is 15.2. The number of rotatable bonds is 5. The van der Waals surface area contributed by atoms with Crippen LogP contribution in [0.1, 0.15) is 19.3 Å². The average Bonchev–Trinajstić information content (AvgIpc) is 2.38. The first kappa shape index (κ1) is 13.1. The van der Waals surface area contributed by atoms with E-state index >= 15 is 0 Å². The highest BCUT2D eigenvalue weighted by molar-refractivity contribution is 5.94. The van der Waals surface area contributed by atoms with Crippen molar-refractivity contribution in [3.8, 4) is 0 Å². The van der Waals surface area contributed by atoms with Gasteiger partial charge in [0.1, 0.15) is 0 Å². The quantitative estimate of drug-likeness (QED) is 0.885. The summed E-state index contributed by atoms with van der Waals surface area (Å²) in [4.78, 5) is 21.8. The van der Waals surface area contributed by atoms with Gasteiger partial charge in [-0.25, -0.2) is 0 Å². The van der Waals surface area contributed by atoms with Gasteiger partial charge < -0.3 is 15.2 Å². The molecule has 0 heterocycles. The Morgan fingerprint density at radius 3 is 2.47 bits per heavy atom. The Kier molecular flexibility index (Phi) is 4.13. The number of amides is 1. The number of hydrogen-bond donors (Lipinski definition) is 1. The molecule has 2 aromatic carbocycles. The second kappa shape index (κ2) is 6.00. The Morgan fingerprint density at radius 1 is 1.00 bits per heavy atom. The lowest BCUT2D eigenvalue weighted by molar-refractivity contribution is -0.305. The van der Waals surface area contributed by atoms with E-state index in [-0.39, 0.29) is 18.7 Å². The number of carbonyl (C=O) groups excluding carboxylic acids is 2. The molecule has 0 saturated heterocycles. The van der Waals surface area contributed by atoms with Crippen LogP contribution in [0.5, 0.6) is 0 Å². The maximum Gasteiger partial charge on any atom is 0.224 e. The maximum absolute atomic E-state index is 11.6. The molecule has 4 nitrogen and oxygen atoms in total. The maximum atomic E-state index is 11.6. The van der Waals surface area contributed by atoms with Crippen LogP contribution in [0.15, 0.2) is 42.5 Å². The SMILES string of the molecule is O=C([O-])CCCC(=O)Nc1ccc2ccccc2c1. The first-order valence-electron chi connectivity index (χ1n) is 6.13. The summed E-state index contributed by atoms with van der Waals surface area (Å²) in [6, 6.07) is 13.5. The van der Waals surface area contributed by atoms with Gasteiger partial charge >= 0.3 is 0 Å². The molecule has 2 rings (SSSR count). The monoisotopic (exact) mass is 256 g/mol. The van der Waals surface area contributed by atoms with Crippen molar-refractivity contribution >= 4 is 28.3 Å². The van der Waals surface area contributed by atoms with Crippen molar-refractivity contribution < 1.29 is 14.7 Å². The van der Waals surface area contributed by atoms with E-state index in [0.717, 1.165) is 16.5 Å². The number of aliphatic carboxylic acids is 1. The molecule has 0 aliphatic rings. The molecule has 4 heteroatoms. The molecule has 1 N–H and O–H groups in total. The number of carbonyl (C=O) groups is 2. The molecule has 19 heavy (non-hydrogen) atoms. The van der Waals surface area contributed by atoms with E-state index in [1.807, 2.05) is 42.5 Å². The highest BCUT2D eigenvalue weighted by Gasteiger charge is 2.03. The van der Waals surface area contributed by atoms with E-state index in [2.05, 4.69) is 5.32 Å². The van der Waals surface area contributed by atoms with Gasteiger partial charge in [-0.05, 0) is 35.7 Å². The molecule has 0 aliphatic heterocycles. The van der Waals surface area contributed by atoms with Crippen molar-refractivity contribution in [1.82, 2.24) is 0 Å². The summed E-state index contributed by atoms with van der Waals surface area (Å²) >= 11 is 0. The van der Waals surface area contributed by atoms with Crippen molar-refractivity contribution in [2.45, 2.75) is 19.3 Å². The van der Waals surface area contributed by atoms with Gasteiger partial charge in [0.05, 0.1) is 0 Å². The fraction of sp³-hybridized carbons (Fsp3) is 0.200. The summed E-state index contributed by atoms with van der Waals surface area (Å²) in [5.74, 6) is -1.31. The molecule has 0 unspecified atom stereocenters. The number of carboxylic acids is 1. The Hall–Kier alpha value is -2.36. The molecule has 0 aromatic heterocycles. The van der Waals surface area contributed by atoms with Crippen LogP contribution in [0.4, 0.5) is 5.69 Å². The zero-order valence-electron chi connectivity index (χ0n) is 10.4. The van der Waals surface area contributed by atoms with E-state index < -0.39 is 5.97 Å². The second-order valence-electron chi connectivity index (χ2n) is 4.34. The molecule has 98 valence electrons. The third kappa shape index (κ3) is 3.81. The predicted molar refractivity (Wildman–Crippen MR) is 71.4 cm³/mol. The van der Waals surface area contributed by atoms with Crippen LogP contribution in [0.25, 0.3) is 10.8 Å². The first-order chi connectivity index (χ1) is 9.15. The molecule has 0 bridgehead atoms. The van der Waals surface area contributed by atoms with Crippen molar-refractivity contribution in [3.63, 3.8) is 0 Å². The van der Waals surface area contributed by atoms with Gasteiger partial charge in [-0.3, -0.25) is 4.79 Å². The summed E-state index contributed by atoms with van der Waals surface area (Å²) in [5.41, 5.74) is 0.720. The van der Waals surface area contributed by atoms with Crippen molar-refractivity contribution in [1.29, 1.82) is 0 Å². The topological polar surface area (TPSA) is 69.2 Å². The lowest BCUT2D eigenvalue weighted by atomic mass is 10.1. The Morgan fingerprint density at radius 2 is 1.74 bits per heavy atom. The van der Waals surface area contributed by atoms with Crippen LogP contribution >= 0.6 is 0 Å². The molecule has 0 atom stereocenters. The summed E-state index contributed by atoms with van der Waals surface area (Å²) in [6.07, 6.45) is 0.383. The normalized spacial score (nSPS) is 10.3. The molecule has 0 spiro atoms. The van der Waals surface area contributed by atoms with Crippen molar-refractivity contribution in [3.05, 3.63) is 42.5 Å². The number of fused-ring (bicyclic) bond motifs is 1. The van der Waals surface area contributed by atoms with Gasteiger partial charge in [0.15, 0.2) is 0 Å². The number of nitrogens with one attached hydrogen (secondary N) is 1. The van der Waals surface area contributed by atoms with Crippen LogP contribution in [-0.4, -0.2) is 11.9 Å². The summed E-state index contributed by atoms with van der Waals surface area (Å²) in [7, 11) is 0. The van der Waals surface area contributed by atoms with Crippen LogP contribution in [0, 0.1) is 0 Å². The molecular weight excluding hydrogens is 242 g/mol. The van der Waals surface area contributed by atoms with E-state index in [0.29, 0.717) is 6.42 Å². The van der Waals surface area contributed by atoms with Crippen molar-refractivity contribution in [2.75, 3.05) is 5.32 Å². The molecular formula is C15H14NO3-.